The Bertz CT molecular complexity index is 302. The van der Waals surface area contributed by atoms with E-state index in [1.807, 2.05) is 0 Å². The van der Waals surface area contributed by atoms with Gasteiger partial charge in [-0.25, -0.2) is 4.79 Å². The number of hydrogen-bond donors (Lipinski definition) is 1. The molecule has 0 fully saturated rings. The maximum Gasteiger partial charge on any atom is 0.358 e. The summed E-state index contributed by atoms with van der Waals surface area (Å²) >= 11 is 0. The summed E-state index contributed by atoms with van der Waals surface area (Å²) in [4.78, 5) is 11.4. The molecule has 0 aliphatic rings. The molecule has 0 bridgehead atoms. The number of methoxy groups -OCH3 is 1. The maximum absolute atomic E-state index is 11.4. The van der Waals surface area contributed by atoms with Crippen molar-refractivity contribution >= 4 is 11.7 Å². The van der Waals surface area contributed by atoms with E-state index < -0.39 is 5.97 Å². The van der Waals surface area contributed by atoms with Crippen LogP contribution in [-0.4, -0.2) is 36.1 Å². The van der Waals surface area contributed by atoms with Gasteiger partial charge in [-0.2, -0.15) is 5.10 Å². The third-order valence-electron chi connectivity index (χ3n) is 1.68. The average Bonchev–Trinajstić information content (AvgIpc) is 2.46. The van der Waals surface area contributed by atoms with Crippen LogP contribution in [0, 0.1) is 0 Å². The van der Waals surface area contributed by atoms with Crippen LogP contribution in [0.5, 0.6) is 0 Å². The van der Waals surface area contributed by atoms with Crippen molar-refractivity contribution in [1.29, 1.82) is 0 Å². The molecule has 14 heavy (non-hydrogen) atoms. The van der Waals surface area contributed by atoms with Crippen LogP contribution < -0.4 is 5.73 Å². The van der Waals surface area contributed by atoms with Gasteiger partial charge in [0.15, 0.2) is 5.69 Å². The van der Waals surface area contributed by atoms with Crippen molar-refractivity contribution in [3.05, 3.63) is 11.9 Å². The molecule has 0 aliphatic heterocycles. The highest BCUT2D eigenvalue weighted by molar-refractivity contribution is 5.92. The van der Waals surface area contributed by atoms with Gasteiger partial charge in [-0.15, -0.1) is 0 Å². The molecule has 0 aliphatic carbocycles. The molecule has 6 nitrogen and oxygen atoms in total. The number of aromatic nitrogens is 2. The highest BCUT2D eigenvalue weighted by atomic mass is 16.6. The molecule has 1 aromatic rings. The highest BCUT2D eigenvalue weighted by Gasteiger charge is 2.15. The summed E-state index contributed by atoms with van der Waals surface area (Å²) in [6.07, 6.45) is 1.41. The first kappa shape index (κ1) is 10.5. The van der Waals surface area contributed by atoms with Gasteiger partial charge in [0.05, 0.1) is 18.5 Å². The Kier molecular flexibility index (Phi) is 3.47. The van der Waals surface area contributed by atoms with Crippen molar-refractivity contribution in [3.63, 3.8) is 0 Å². The number of nitrogen functional groups attached to an aromatic ring is 1. The maximum atomic E-state index is 11.4. The topological polar surface area (TPSA) is 79.4 Å². The molecule has 78 valence electrons. The number of nitrogens with two attached hydrogens (primary N) is 1. The van der Waals surface area contributed by atoms with E-state index in [1.165, 1.54) is 18.0 Å². The van der Waals surface area contributed by atoms with E-state index in [9.17, 15) is 4.79 Å². The van der Waals surface area contributed by atoms with E-state index in [1.54, 1.807) is 7.05 Å². The summed E-state index contributed by atoms with van der Waals surface area (Å²) in [6.45, 7) is 0.573. The van der Waals surface area contributed by atoms with Gasteiger partial charge in [0.2, 0.25) is 0 Å². The smallest absolute Gasteiger partial charge is 0.358 e. The van der Waals surface area contributed by atoms with Crippen LogP contribution in [0.3, 0.4) is 0 Å². The lowest BCUT2D eigenvalue weighted by Gasteiger charge is -2.04. The van der Waals surface area contributed by atoms with Crippen molar-refractivity contribution in [2.45, 2.75) is 0 Å². The van der Waals surface area contributed by atoms with Gasteiger partial charge in [-0.3, -0.25) is 4.68 Å². The predicted octanol–water partition coefficient (Wildman–Crippen LogP) is -0.195. The number of anilines is 1. The third kappa shape index (κ3) is 2.23. The average molecular weight is 199 g/mol. The first-order chi connectivity index (χ1) is 6.66. The second kappa shape index (κ2) is 4.61. The minimum Gasteiger partial charge on any atom is -0.458 e. The number of rotatable bonds is 4. The largest absolute Gasteiger partial charge is 0.458 e. The minimum absolute atomic E-state index is 0.208. The summed E-state index contributed by atoms with van der Waals surface area (Å²) in [5.41, 5.74) is 6.11. The predicted molar refractivity (Wildman–Crippen MR) is 49.8 cm³/mol. The zero-order valence-electron chi connectivity index (χ0n) is 8.19. The van der Waals surface area contributed by atoms with Crippen LogP contribution >= 0.6 is 0 Å². The fourth-order valence-corrected chi connectivity index (χ4v) is 0.991. The molecule has 0 spiro atoms. The first-order valence-electron chi connectivity index (χ1n) is 4.10. The monoisotopic (exact) mass is 199 g/mol. The number of carbonyl (C=O) groups is 1. The molecule has 0 amide bonds. The zero-order chi connectivity index (χ0) is 10.6. The number of ether oxygens (including phenoxy) is 2. The van der Waals surface area contributed by atoms with Crippen LogP contribution in [0.4, 0.5) is 5.69 Å². The number of nitrogens with zero attached hydrogens (tertiary/aromatic N) is 2. The summed E-state index contributed by atoms with van der Waals surface area (Å²) < 4.78 is 11.0. The Morgan fingerprint density at radius 2 is 2.36 bits per heavy atom. The summed E-state index contributed by atoms with van der Waals surface area (Å²) in [7, 11) is 3.16. The molecule has 0 aromatic carbocycles. The van der Waals surface area contributed by atoms with E-state index in [-0.39, 0.29) is 12.3 Å². The van der Waals surface area contributed by atoms with E-state index in [0.717, 1.165) is 0 Å². The van der Waals surface area contributed by atoms with Gasteiger partial charge in [-0.05, 0) is 0 Å². The molecular weight excluding hydrogens is 186 g/mol. The zero-order valence-corrected chi connectivity index (χ0v) is 8.19. The van der Waals surface area contributed by atoms with Gasteiger partial charge < -0.3 is 15.2 Å². The quantitative estimate of drug-likeness (QED) is 0.537. The number of aryl methyl sites for hydroxylation is 1. The summed E-state index contributed by atoms with van der Waals surface area (Å²) in [5.74, 6) is -0.487. The second-order valence-electron chi connectivity index (χ2n) is 2.70. The lowest BCUT2D eigenvalue weighted by Crippen LogP contribution is -2.15. The second-order valence-corrected chi connectivity index (χ2v) is 2.70. The van der Waals surface area contributed by atoms with E-state index in [2.05, 4.69) is 5.10 Å². The molecule has 0 atom stereocenters. The van der Waals surface area contributed by atoms with Crippen LogP contribution in [0.1, 0.15) is 10.5 Å². The molecular formula is C8H13N3O3. The molecule has 6 heteroatoms. The molecule has 0 radical (unpaired) electrons. The fraction of sp³-hybridized carbons (Fsp3) is 0.500. The van der Waals surface area contributed by atoms with E-state index >= 15 is 0 Å². The summed E-state index contributed by atoms with van der Waals surface area (Å²) in [5, 5.41) is 3.83. The molecule has 1 aromatic heterocycles. The van der Waals surface area contributed by atoms with Crippen molar-refractivity contribution in [3.8, 4) is 0 Å². The minimum atomic E-state index is -0.487. The van der Waals surface area contributed by atoms with Crippen LogP contribution in [0.2, 0.25) is 0 Å². The molecule has 1 rings (SSSR count). The Labute approximate surface area is 81.6 Å². The third-order valence-corrected chi connectivity index (χ3v) is 1.68. The van der Waals surface area contributed by atoms with Crippen LogP contribution in [0.25, 0.3) is 0 Å². The molecule has 0 saturated heterocycles. The highest BCUT2D eigenvalue weighted by Crippen LogP contribution is 2.10. The van der Waals surface area contributed by atoms with Crippen molar-refractivity contribution in [1.82, 2.24) is 9.78 Å². The van der Waals surface area contributed by atoms with Crippen molar-refractivity contribution in [2.75, 3.05) is 26.1 Å². The Morgan fingerprint density at radius 1 is 1.64 bits per heavy atom. The van der Waals surface area contributed by atoms with Gasteiger partial charge >= 0.3 is 5.97 Å². The van der Waals surface area contributed by atoms with Gasteiger partial charge in [0.1, 0.15) is 6.61 Å². The van der Waals surface area contributed by atoms with Crippen LogP contribution in [-0.2, 0) is 16.5 Å². The standard InChI is InChI=1S/C8H13N3O3/c1-11-7(6(9)5-10-11)8(12)14-4-3-13-2/h5H,3-4,9H2,1-2H3. The van der Waals surface area contributed by atoms with Crippen LogP contribution in [0.15, 0.2) is 6.20 Å². The Hall–Kier alpha value is -1.56. The van der Waals surface area contributed by atoms with E-state index in [4.69, 9.17) is 15.2 Å². The Morgan fingerprint density at radius 3 is 2.86 bits per heavy atom. The summed E-state index contributed by atoms with van der Waals surface area (Å²) in [6, 6.07) is 0. The van der Waals surface area contributed by atoms with Crippen molar-refractivity contribution < 1.29 is 14.3 Å². The molecule has 0 unspecified atom stereocenters. The van der Waals surface area contributed by atoms with Gasteiger partial charge in [0.25, 0.3) is 0 Å². The Balaban J connectivity index is 2.60. The number of hydrogen-bond acceptors (Lipinski definition) is 5. The molecule has 1 heterocycles. The van der Waals surface area contributed by atoms with Crippen molar-refractivity contribution in [2.24, 2.45) is 7.05 Å². The van der Waals surface area contributed by atoms with Gasteiger partial charge in [0, 0.05) is 14.2 Å². The lowest BCUT2D eigenvalue weighted by molar-refractivity contribution is 0.0377. The first-order valence-corrected chi connectivity index (χ1v) is 4.10. The van der Waals surface area contributed by atoms with E-state index in [0.29, 0.717) is 12.3 Å². The number of carbonyl (C=O) groups excluding carboxylic acids is 1. The molecule has 0 saturated carbocycles. The normalized spacial score (nSPS) is 10.1. The SMILES string of the molecule is COCCOC(=O)c1c(N)cnn1C. The van der Waals surface area contributed by atoms with Gasteiger partial charge in [-0.1, -0.05) is 0 Å². The lowest BCUT2D eigenvalue weighted by atomic mass is 10.4. The fourth-order valence-electron chi connectivity index (χ4n) is 0.991. The molecule has 2 N–H and O–H groups in total. The number of esters is 1.